The lowest BCUT2D eigenvalue weighted by Crippen LogP contribution is -2.39. The van der Waals surface area contributed by atoms with Gasteiger partial charge in [-0.3, -0.25) is 19.1 Å². The molecule has 2 N–H and O–H groups in total. The molecule has 0 radical (unpaired) electrons. The molecule has 38 heavy (non-hydrogen) atoms. The Kier molecular flexibility index (Phi) is 7.88. The molecule has 1 aliphatic rings. The van der Waals surface area contributed by atoms with Crippen molar-refractivity contribution in [1.29, 1.82) is 0 Å². The summed E-state index contributed by atoms with van der Waals surface area (Å²) >= 11 is 1.35. The first-order chi connectivity index (χ1) is 18.4. The van der Waals surface area contributed by atoms with Gasteiger partial charge < -0.3 is 9.88 Å². The monoisotopic (exact) mass is 530 g/mol. The topological polar surface area (TPSA) is 117 Å². The zero-order valence-corrected chi connectivity index (χ0v) is 22.0. The van der Waals surface area contributed by atoms with Gasteiger partial charge in [-0.1, -0.05) is 54.2 Å². The molecule has 10 heteroatoms. The number of nitrogens with one attached hydrogen (secondary N) is 2. The van der Waals surface area contributed by atoms with Gasteiger partial charge in [-0.15, -0.1) is 10.2 Å². The van der Waals surface area contributed by atoms with Crippen molar-refractivity contribution >= 4 is 17.7 Å². The number of benzene rings is 2. The minimum atomic E-state index is -0.568. The maximum atomic E-state index is 13.1. The zero-order chi connectivity index (χ0) is 26.5. The molecular formula is C28H30N6O3S. The second-order valence-electron chi connectivity index (χ2n) is 9.67. The fourth-order valence-electron chi connectivity index (χ4n) is 4.87. The SMILES string of the molecule is Cc1cccc(-n2c(Cc3cc(=O)[nH]c(=O)[nH]3)nnc2SCC(=O)N2CCC(Cc3ccccc3)CC2)c1. The lowest BCUT2D eigenvalue weighted by molar-refractivity contribution is -0.129. The number of aromatic nitrogens is 5. The normalized spacial score (nSPS) is 14.1. The molecule has 2 aromatic carbocycles. The summed E-state index contributed by atoms with van der Waals surface area (Å²) in [5.41, 5.74) is 2.67. The highest BCUT2D eigenvalue weighted by molar-refractivity contribution is 7.99. The third-order valence-corrected chi connectivity index (χ3v) is 7.70. The van der Waals surface area contributed by atoms with Crippen molar-refractivity contribution in [1.82, 2.24) is 29.6 Å². The first-order valence-corrected chi connectivity index (χ1v) is 13.7. The van der Waals surface area contributed by atoms with Gasteiger partial charge in [0.2, 0.25) is 5.91 Å². The van der Waals surface area contributed by atoms with Crippen LogP contribution in [0.4, 0.5) is 0 Å². The number of piperidine rings is 1. The number of carbonyl (C=O) groups is 1. The molecule has 1 aliphatic heterocycles. The Morgan fingerprint density at radius 3 is 2.53 bits per heavy atom. The van der Waals surface area contributed by atoms with Gasteiger partial charge in [0.25, 0.3) is 5.56 Å². The van der Waals surface area contributed by atoms with Crippen LogP contribution in [-0.2, 0) is 17.6 Å². The molecule has 0 spiro atoms. The van der Waals surface area contributed by atoms with Gasteiger partial charge in [0.15, 0.2) is 5.16 Å². The highest BCUT2D eigenvalue weighted by Gasteiger charge is 2.24. The third kappa shape index (κ3) is 6.31. The Labute approximate surface area is 224 Å². The smallest absolute Gasteiger partial charge is 0.325 e. The molecule has 5 rings (SSSR count). The lowest BCUT2D eigenvalue weighted by atomic mass is 9.90. The fraction of sp³-hybridized carbons (Fsp3) is 0.321. The average molecular weight is 531 g/mol. The van der Waals surface area contributed by atoms with Gasteiger partial charge in [0, 0.05) is 37.0 Å². The summed E-state index contributed by atoms with van der Waals surface area (Å²) in [5, 5.41) is 9.30. The molecule has 1 fully saturated rings. The summed E-state index contributed by atoms with van der Waals surface area (Å²) in [5.74, 6) is 1.51. The fourth-order valence-corrected chi connectivity index (χ4v) is 5.74. The van der Waals surface area contributed by atoms with Crippen LogP contribution < -0.4 is 11.2 Å². The van der Waals surface area contributed by atoms with Crippen molar-refractivity contribution in [2.24, 2.45) is 5.92 Å². The molecule has 0 aliphatic carbocycles. The van der Waals surface area contributed by atoms with Crippen molar-refractivity contribution in [3.05, 3.63) is 104 Å². The number of likely N-dealkylation sites (tertiary alicyclic amines) is 1. The predicted molar refractivity (Wildman–Crippen MR) is 147 cm³/mol. The Balaban J connectivity index is 1.27. The van der Waals surface area contributed by atoms with Gasteiger partial charge in [-0.25, -0.2) is 4.79 Å². The number of rotatable bonds is 8. The minimum absolute atomic E-state index is 0.0902. The second-order valence-corrected chi connectivity index (χ2v) is 10.6. The number of nitrogens with zero attached hydrogens (tertiary/aromatic N) is 4. The number of H-pyrrole nitrogens is 2. The minimum Gasteiger partial charge on any atom is -0.342 e. The van der Waals surface area contributed by atoms with E-state index in [2.05, 4.69) is 44.4 Å². The average Bonchev–Trinajstić information content (AvgIpc) is 3.30. The molecule has 0 atom stereocenters. The Morgan fingerprint density at radius 1 is 1.00 bits per heavy atom. The van der Waals surface area contributed by atoms with Gasteiger partial charge >= 0.3 is 5.69 Å². The number of carbonyl (C=O) groups excluding carboxylic acids is 1. The summed E-state index contributed by atoms with van der Waals surface area (Å²) in [6.45, 7) is 3.53. The lowest BCUT2D eigenvalue weighted by Gasteiger charge is -2.32. The number of aryl methyl sites for hydroxylation is 1. The van der Waals surface area contributed by atoms with Crippen molar-refractivity contribution in [2.75, 3.05) is 18.8 Å². The van der Waals surface area contributed by atoms with Crippen LogP contribution in [0.15, 0.2) is 75.4 Å². The quantitative estimate of drug-likeness (QED) is 0.338. The van der Waals surface area contributed by atoms with E-state index in [4.69, 9.17) is 0 Å². The molecule has 4 aromatic rings. The molecule has 196 valence electrons. The first kappa shape index (κ1) is 25.7. The standard InChI is InChI=1S/C28H30N6O3S/c1-19-6-5-9-23(14-19)34-24(16-22-17-25(35)30-27(37)29-22)31-32-28(34)38-18-26(36)33-12-10-21(11-13-33)15-20-7-3-2-4-8-20/h2-9,14,17,21H,10-13,15-16,18H2,1H3,(H2,29,30,35,37). The maximum absolute atomic E-state index is 13.1. The van der Waals surface area contributed by atoms with Gasteiger partial charge in [-0.05, 0) is 55.4 Å². The van der Waals surface area contributed by atoms with E-state index < -0.39 is 11.2 Å². The third-order valence-electron chi connectivity index (χ3n) is 6.78. The van der Waals surface area contributed by atoms with E-state index in [-0.39, 0.29) is 18.1 Å². The van der Waals surface area contributed by atoms with Gasteiger partial charge in [-0.2, -0.15) is 0 Å². The van der Waals surface area contributed by atoms with Gasteiger partial charge in [0.05, 0.1) is 5.75 Å². The summed E-state index contributed by atoms with van der Waals surface area (Å²) in [6.07, 6.45) is 3.27. The van der Waals surface area contributed by atoms with Crippen LogP contribution in [0.5, 0.6) is 0 Å². The molecule has 1 saturated heterocycles. The van der Waals surface area contributed by atoms with Gasteiger partial charge in [0.1, 0.15) is 5.82 Å². The summed E-state index contributed by atoms with van der Waals surface area (Å²) < 4.78 is 1.89. The number of thioether (sulfide) groups is 1. The van der Waals surface area contributed by atoms with Crippen LogP contribution in [0.2, 0.25) is 0 Å². The van der Waals surface area contributed by atoms with Crippen LogP contribution in [0.25, 0.3) is 5.69 Å². The van der Waals surface area contributed by atoms with E-state index in [1.807, 2.05) is 46.7 Å². The van der Waals surface area contributed by atoms with E-state index in [9.17, 15) is 14.4 Å². The summed E-state index contributed by atoms with van der Waals surface area (Å²) in [6, 6.07) is 19.8. The maximum Gasteiger partial charge on any atom is 0.325 e. The van der Waals surface area contributed by atoms with E-state index >= 15 is 0 Å². The molecule has 2 aromatic heterocycles. The number of hydrogen-bond acceptors (Lipinski definition) is 6. The molecule has 1 amide bonds. The van der Waals surface area contributed by atoms with Crippen molar-refractivity contribution in [2.45, 2.75) is 37.8 Å². The van der Waals surface area contributed by atoms with Crippen molar-refractivity contribution in [3.8, 4) is 5.69 Å². The van der Waals surface area contributed by atoms with E-state index in [1.54, 1.807) is 0 Å². The largest absolute Gasteiger partial charge is 0.342 e. The Bertz CT molecular complexity index is 1490. The molecule has 9 nitrogen and oxygen atoms in total. The van der Waals surface area contributed by atoms with Crippen molar-refractivity contribution < 1.29 is 4.79 Å². The number of aromatic amines is 2. The van der Waals surface area contributed by atoms with E-state index in [0.717, 1.165) is 43.6 Å². The molecule has 0 unspecified atom stereocenters. The number of hydrogen-bond donors (Lipinski definition) is 2. The molecule has 0 bridgehead atoms. The highest BCUT2D eigenvalue weighted by atomic mass is 32.2. The zero-order valence-electron chi connectivity index (χ0n) is 21.2. The van der Waals surface area contributed by atoms with Crippen LogP contribution in [0.3, 0.4) is 0 Å². The highest BCUT2D eigenvalue weighted by Crippen LogP contribution is 2.26. The molecular weight excluding hydrogens is 500 g/mol. The molecule has 3 heterocycles. The Morgan fingerprint density at radius 2 is 1.79 bits per heavy atom. The van der Waals surface area contributed by atoms with Crippen LogP contribution >= 0.6 is 11.8 Å². The van der Waals surface area contributed by atoms with E-state index in [0.29, 0.717) is 22.6 Å². The van der Waals surface area contributed by atoms with Crippen LogP contribution in [0.1, 0.15) is 35.5 Å². The predicted octanol–water partition coefficient (Wildman–Crippen LogP) is 3.12. The Hall–Kier alpha value is -3.92. The summed E-state index contributed by atoms with van der Waals surface area (Å²) in [7, 11) is 0. The first-order valence-electron chi connectivity index (χ1n) is 12.7. The van der Waals surface area contributed by atoms with E-state index in [1.165, 1.54) is 23.4 Å². The second kappa shape index (κ2) is 11.6. The molecule has 0 saturated carbocycles. The summed E-state index contributed by atoms with van der Waals surface area (Å²) in [4.78, 5) is 43.4. The van der Waals surface area contributed by atoms with Crippen LogP contribution in [-0.4, -0.2) is 54.4 Å². The number of amides is 1. The van der Waals surface area contributed by atoms with Crippen LogP contribution in [0, 0.1) is 12.8 Å². The van der Waals surface area contributed by atoms with Crippen molar-refractivity contribution in [3.63, 3.8) is 0 Å².